The average Bonchev–Trinajstić information content (AvgIpc) is 3.25. The van der Waals surface area contributed by atoms with Crippen molar-refractivity contribution in [3.8, 4) is 55.6 Å². The first kappa shape index (κ1) is 32.0. The van der Waals surface area contributed by atoms with Crippen molar-refractivity contribution in [2.24, 2.45) is 0 Å². The molecule has 0 aromatic heterocycles. The fourth-order valence-corrected chi connectivity index (χ4v) is 7.38. The summed E-state index contributed by atoms with van der Waals surface area (Å²) in [6.07, 6.45) is 0. The van der Waals surface area contributed by atoms with Crippen molar-refractivity contribution in [2.45, 2.75) is 0 Å². The quantitative estimate of drug-likeness (QED) is 0.155. The molecular formula is C52H37N. The standard InChI is InChI=1S/C52H37N/c1-3-14-38(15-4-1)42-20-9-22-44(34-42)46-24-12-27-50(37-46)53(49-26-11-23-45(36-49)39-16-5-2-6-17-39)48-32-30-40(31-33-48)43-21-10-25-47(35-43)52-29-13-19-41-18-7-8-28-51(41)52/h1-37H. The predicted molar refractivity (Wildman–Crippen MR) is 226 cm³/mol. The van der Waals surface area contributed by atoms with Crippen molar-refractivity contribution < 1.29 is 0 Å². The molecule has 0 bridgehead atoms. The number of hydrogen-bond acceptors (Lipinski definition) is 1. The van der Waals surface area contributed by atoms with Gasteiger partial charge in [-0.1, -0.05) is 176 Å². The van der Waals surface area contributed by atoms with E-state index in [0.717, 1.165) is 17.1 Å². The summed E-state index contributed by atoms with van der Waals surface area (Å²) in [6, 6.07) is 80.8. The maximum atomic E-state index is 2.37. The van der Waals surface area contributed by atoms with E-state index >= 15 is 0 Å². The minimum absolute atomic E-state index is 1.10. The Morgan fingerprint density at radius 3 is 1.25 bits per heavy atom. The van der Waals surface area contributed by atoms with Gasteiger partial charge in [0.1, 0.15) is 0 Å². The van der Waals surface area contributed by atoms with Gasteiger partial charge < -0.3 is 4.90 Å². The molecule has 9 aromatic carbocycles. The maximum absolute atomic E-state index is 2.37. The van der Waals surface area contributed by atoms with Crippen molar-refractivity contribution in [3.05, 3.63) is 224 Å². The van der Waals surface area contributed by atoms with Gasteiger partial charge in [0.2, 0.25) is 0 Å². The molecule has 0 unspecified atom stereocenters. The van der Waals surface area contributed by atoms with Crippen LogP contribution in [-0.2, 0) is 0 Å². The summed E-state index contributed by atoms with van der Waals surface area (Å²) in [5.74, 6) is 0. The predicted octanol–water partition coefficient (Wildman–Crippen LogP) is 14.6. The normalized spacial score (nSPS) is 11.0. The number of fused-ring (bicyclic) bond motifs is 1. The van der Waals surface area contributed by atoms with Gasteiger partial charge in [0.05, 0.1) is 0 Å². The van der Waals surface area contributed by atoms with E-state index in [0.29, 0.717) is 0 Å². The van der Waals surface area contributed by atoms with Crippen LogP contribution in [0.25, 0.3) is 66.4 Å². The van der Waals surface area contributed by atoms with E-state index in [4.69, 9.17) is 0 Å². The summed E-state index contributed by atoms with van der Waals surface area (Å²) >= 11 is 0. The van der Waals surface area contributed by atoms with Gasteiger partial charge in [-0.25, -0.2) is 0 Å². The summed E-state index contributed by atoms with van der Waals surface area (Å²) in [4.78, 5) is 2.37. The van der Waals surface area contributed by atoms with Crippen LogP contribution in [0.15, 0.2) is 224 Å². The number of rotatable bonds is 8. The van der Waals surface area contributed by atoms with Crippen molar-refractivity contribution in [1.82, 2.24) is 0 Å². The largest absolute Gasteiger partial charge is 0.310 e. The second kappa shape index (κ2) is 14.3. The molecule has 0 heterocycles. The van der Waals surface area contributed by atoms with E-state index in [1.54, 1.807) is 0 Å². The maximum Gasteiger partial charge on any atom is 0.0467 e. The van der Waals surface area contributed by atoms with Crippen LogP contribution < -0.4 is 4.90 Å². The highest BCUT2D eigenvalue weighted by Crippen LogP contribution is 2.40. The number of nitrogens with zero attached hydrogens (tertiary/aromatic N) is 1. The summed E-state index contributed by atoms with van der Waals surface area (Å²) in [5.41, 5.74) is 15.3. The van der Waals surface area contributed by atoms with Crippen LogP contribution in [0.2, 0.25) is 0 Å². The SMILES string of the molecule is c1ccc(-c2cccc(-c3cccc(N(c4ccc(-c5cccc(-c6cccc7ccccc67)c5)cc4)c4cccc(-c5ccccc5)c4)c3)c2)cc1. The van der Waals surface area contributed by atoms with Crippen LogP contribution in [0.1, 0.15) is 0 Å². The zero-order valence-electron chi connectivity index (χ0n) is 29.3. The third kappa shape index (κ3) is 6.65. The fourth-order valence-electron chi connectivity index (χ4n) is 7.38. The van der Waals surface area contributed by atoms with Gasteiger partial charge in [-0.3, -0.25) is 0 Å². The second-order valence-corrected chi connectivity index (χ2v) is 13.4. The van der Waals surface area contributed by atoms with E-state index in [1.165, 1.54) is 66.4 Å². The molecule has 0 radical (unpaired) electrons. The fraction of sp³-hybridized carbons (Fsp3) is 0. The van der Waals surface area contributed by atoms with Crippen LogP contribution in [0.3, 0.4) is 0 Å². The number of anilines is 3. The highest BCUT2D eigenvalue weighted by molar-refractivity contribution is 5.97. The molecule has 9 aromatic rings. The van der Waals surface area contributed by atoms with Crippen LogP contribution >= 0.6 is 0 Å². The van der Waals surface area contributed by atoms with Gasteiger partial charge in [0, 0.05) is 17.1 Å². The van der Waals surface area contributed by atoms with Gasteiger partial charge in [-0.2, -0.15) is 0 Å². The first-order chi connectivity index (χ1) is 26.3. The first-order valence-corrected chi connectivity index (χ1v) is 18.2. The van der Waals surface area contributed by atoms with E-state index in [-0.39, 0.29) is 0 Å². The van der Waals surface area contributed by atoms with Gasteiger partial charge >= 0.3 is 0 Å². The molecule has 53 heavy (non-hydrogen) atoms. The van der Waals surface area contributed by atoms with E-state index < -0.39 is 0 Å². The van der Waals surface area contributed by atoms with E-state index in [2.05, 4.69) is 229 Å². The Morgan fingerprint density at radius 2 is 0.623 bits per heavy atom. The first-order valence-electron chi connectivity index (χ1n) is 18.2. The Bertz CT molecular complexity index is 2650. The molecule has 0 spiro atoms. The lowest BCUT2D eigenvalue weighted by Gasteiger charge is -2.27. The van der Waals surface area contributed by atoms with Gasteiger partial charge in [0.15, 0.2) is 0 Å². The van der Waals surface area contributed by atoms with Crippen LogP contribution in [0, 0.1) is 0 Å². The van der Waals surface area contributed by atoms with Crippen LogP contribution in [0.4, 0.5) is 17.1 Å². The molecule has 0 atom stereocenters. The molecule has 0 aliphatic rings. The molecule has 0 N–H and O–H groups in total. The Hall–Kier alpha value is -6.96. The molecule has 1 nitrogen and oxygen atoms in total. The lowest BCUT2D eigenvalue weighted by Crippen LogP contribution is -2.10. The Labute approximate surface area is 311 Å². The highest BCUT2D eigenvalue weighted by Gasteiger charge is 2.16. The molecule has 0 saturated heterocycles. The van der Waals surface area contributed by atoms with Crippen molar-refractivity contribution in [1.29, 1.82) is 0 Å². The van der Waals surface area contributed by atoms with Crippen molar-refractivity contribution >= 4 is 27.8 Å². The Morgan fingerprint density at radius 1 is 0.226 bits per heavy atom. The van der Waals surface area contributed by atoms with Crippen LogP contribution in [-0.4, -0.2) is 0 Å². The lowest BCUT2D eigenvalue weighted by atomic mass is 9.95. The monoisotopic (exact) mass is 675 g/mol. The van der Waals surface area contributed by atoms with Crippen molar-refractivity contribution in [2.75, 3.05) is 4.90 Å². The lowest BCUT2D eigenvalue weighted by molar-refractivity contribution is 1.28. The summed E-state index contributed by atoms with van der Waals surface area (Å²) < 4.78 is 0. The molecule has 0 saturated carbocycles. The summed E-state index contributed by atoms with van der Waals surface area (Å²) in [6.45, 7) is 0. The van der Waals surface area contributed by atoms with Gasteiger partial charge in [-0.15, -0.1) is 0 Å². The second-order valence-electron chi connectivity index (χ2n) is 13.4. The Kier molecular flexibility index (Phi) is 8.66. The number of hydrogen-bond donors (Lipinski definition) is 0. The van der Waals surface area contributed by atoms with Crippen molar-refractivity contribution in [3.63, 3.8) is 0 Å². The van der Waals surface area contributed by atoms with E-state index in [1.807, 2.05) is 0 Å². The van der Waals surface area contributed by atoms with Gasteiger partial charge in [0.25, 0.3) is 0 Å². The minimum Gasteiger partial charge on any atom is -0.310 e. The molecule has 250 valence electrons. The number of benzene rings is 9. The molecule has 0 aliphatic heterocycles. The molecule has 0 fully saturated rings. The zero-order valence-corrected chi connectivity index (χ0v) is 29.3. The van der Waals surface area contributed by atoms with E-state index in [9.17, 15) is 0 Å². The summed E-state index contributed by atoms with van der Waals surface area (Å²) in [5, 5.41) is 2.52. The van der Waals surface area contributed by atoms with Gasteiger partial charge in [-0.05, 0) is 115 Å². The topological polar surface area (TPSA) is 3.24 Å². The summed E-state index contributed by atoms with van der Waals surface area (Å²) in [7, 11) is 0. The smallest absolute Gasteiger partial charge is 0.0467 e. The molecule has 9 rings (SSSR count). The molecule has 0 amide bonds. The molecular weight excluding hydrogens is 639 g/mol. The highest BCUT2D eigenvalue weighted by atomic mass is 15.1. The van der Waals surface area contributed by atoms with Crippen LogP contribution in [0.5, 0.6) is 0 Å². The zero-order chi connectivity index (χ0) is 35.4. The third-order valence-electron chi connectivity index (χ3n) is 10.0. The average molecular weight is 676 g/mol. The Balaban J connectivity index is 1.11. The molecule has 0 aliphatic carbocycles. The third-order valence-corrected chi connectivity index (χ3v) is 10.0. The minimum atomic E-state index is 1.10. The molecule has 1 heteroatoms.